The Labute approximate surface area is 157 Å². The number of aliphatic carboxylic acids is 1. The lowest BCUT2D eigenvalue weighted by molar-refractivity contribution is -0.137. The van der Waals surface area contributed by atoms with E-state index >= 15 is 0 Å². The van der Waals surface area contributed by atoms with Crippen LogP contribution in [0.2, 0.25) is 0 Å². The lowest BCUT2D eigenvalue weighted by Gasteiger charge is -2.00. The van der Waals surface area contributed by atoms with E-state index in [4.69, 9.17) is 5.11 Å². The maximum Gasteiger partial charge on any atom is 0.303 e. The highest BCUT2D eigenvalue weighted by atomic mass is 16.4. The predicted molar refractivity (Wildman–Crippen MR) is 108 cm³/mol. The van der Waals surface area contributed by atoms with Crippen molar-refractivity contribution in [3.05, 3.63) is 72.6 Å². The van der Waals surface area contributed by atoms with Crippen LogP contribution in [-0.4, -0.2) is 27.4 Å². The molecule has 0 aliphatic carbocycles. The van der Waals surface area contributed by atoms with Gasteiger partial charge in [0.25, 0.3) is 0 Å². The van der Waals surface area contributed by atoms with Crippen LogP contribution in [0.25, 0.3) is 0 Å². The Hall–Kier alpha value is -2.33. The third-order valence-electron chi connectivity index (χ3n) is 3.33. The van der Waals surface area contributed by atoms with Crippen molar-refractivity contribution >= 4 is 5.97 Å². The summed E-state index contributed by atoms with van der Waals surface area (Å²) >= 11 is 0. The largest absolute Gasteiger partial charge is 0.512 e. The lowest BCUT2D eigenvalue weighted by atomic mass is 10.2. The number of carboxylic acids is 1. The fourth-order valence-electron chi connectivity index (χ4n) is 1.92. The number of hydrogen-bond donors (Lipinski definition) is 3. The maximum absolute atomic E-state index is 10.4. The summed E-state index contributed by atoms with van der Waals surface area (Å²) in [6.07, 6.45) is 24.7. The average molecular weight is 360 g/mol. The molecule has 0 bridgehead atoms. The number of carbonyl (C=O) groups is 1. The Morgan fingerprint density at radius 2 is 1.69 bits per heavy atom. The zero-order valence-corrected chi connectivity index (χ0v) is 15.6. The standard InChI is InChI=1S/C22H32O4/c1-2-3-12-15-20(23)16-13-10-8-6-4-5-7-9-11-14-17-21(24)18-19-22(25)26/h3-5,9-14,16-17,21,23-24H,2,6-8,15,18-19H2,1H3,(H,25,26)/b5-4-,11-9-,12-3-,13-10-,17-14+,20-16+/t21-/m1/s1. The molecule has 4 nitrogen and oxygen atoms in total. The Balaban J connectivity index is 3.78. The van der Waals surface area contributed by atoms with Crippen LogP contribution in [-0.2, 0) is 4.79 Å². The second-order valence-corrected chi connectivity index (χ2v) is 5.77. The van der Waals surface area contributed by atoms with E-state index in [9.17, 15) is 15.0 Å². The van der Waals surface area contributed by atoms with Crippen LogP contribution in [0.15, 0.2) is 72.6 Å². The van der Waals surface area contributed by atoms with Crippen LogP contribution in [0.1, 0.15) is 51.9 Å². The summed E-state index contributed by atoms with van der Waals surface area (Å²) in [6, 6.07) is 0. The van der Waals surface area contributed by atoms with Crippen molar-refractivity contribution in [1.29, 1.82) is 0 Å². The molecule has 3 N–H and O–H groups in total. The van der Waals surface area contributed by atoms with E-state index in [1.165, 1.54) is 0 Å². The number of unbranched alkanes of at least 4 members (excludes halogenated alkanes) is 1. The Morgan fingerprint density at radius 3 is 2.42 bits per heavy atom. The van der Waals surface area contributed by atoms with Crippen LogP contribution in [0, 0.1) is 0 Å². The molecule has 4 heteroatoms. The van der Waals surface area contributed by atoms with Crippen molar-refractivity contribution in [3.8, 4) is 0 Å². The smallest absolute Gasteiger partial charge is 0.303 e. The van der Waals surface area contributed by atoms with E-state index in [1.54, 1.807) is 18.2 Å². The minimum absolute atomic E-state index is 0.0300. The molecule has 1 atom stereocenters. The van der Waals surface area contributed by atoms with Gasteiger partial charge in [-0.05, 0) is 38.2 Å². The molecular formula is C22H32O4. The third-order valence-corrected chi connectivity index (χ3v) is 3.33. The molecule has 0 aromatic heterocycles. The van der Waals surface area contributed by atoms with Gasteiger partial charge in [-0.3, -0.25) is 4.79 Å². The van der Waals surface area contributed by atoms with E-state index in [2.05, 4.69) is 19.1 Å². The number of hydrogen-bond acceptors (Lipinski definition) is 3. The SMILES string of the molecule is CC/C=C\C/C(O)=C\C=C/CC/C=C\C/C=C\C=C\[C@@H](O)CCC(=O)O. The maximum atomic E-state index is 10.4. The molecule has 0 fully saturated rings. The summed E-state index contributed by atoms with van der Waals surface area (Å²) in [5, 5.41) is 27.6. The van der Waals surface area contributed by atoms with Crippen molar-refractivity contribution in [1.82, 2.24) is 0 Å². The Kier molecular flexibility index (Phi) is 15.9. The Bertz CT molecular complexity index is 536. The third kappa shape index (κ3) is 18.0. The first-order valence-corrected chi connectivity index (χ1v) is 9.14. The summed E-state index contributed by atoms with van der Waals surface area (Å²) in [4.78, 5) is 10.4. The molecule has 0 aliphatic heterocycles. The molecule has 0 spiro atoms. The van der Waals surface area contributed by atoms with Crippen molar-refractivity contribution < 1.29 is 20.1 Å². The lowest BCUT2D eigenvalue weighted by Crippen LogP contribution is -2.05. The van der Waals surface area contributed by atoms with Crippen molar-refractivity contribution in [2.75, 3.05) is 0 Å². The van der Waals surface area contributed by atoms with E-state index in [1.807, 2.05) is 36.5 Å². The molecule has 0 saturated carbocycles. The number of rotatable bonds is 14. The van der Waals surface area contributed by atoms with Gasteiger partial charge in [0.05, 0.1) is 11.9 Å². The summed E-state index contributed by atoms with van der Waals surface area (Å²) in [7, 11) is 0. The second kappa shape index (κ2) is 17.5. The Morgan fingerprint density at radius 1 is 0.923 bits per heavy atom. The highest BCUT2D eigenvalue weighted by Crippen LogP contribution is 2.01. The van der Waals surface area contributed by atoms with Gasteiger partial charge in [0, 0.05) is 12.8 Å². The highest BCUT2D eigenvalue weighted by molar-refractivity contribution is 5.66. The normalized spacial score (nSPS) is 14.6. The van der Waals surface area contributed by atoms with Gasteiger partial charge in [0.1, 0.15) is 0 Å². The predicted octanol–water partition coefficient (Wildman–Crippen LogP) is 5.41. The molecule has 0 aliphatic rings. The van der Waals surface area contributed by atoms with Crippen molar-refractivity contribution in [3.63, 3.8) is 0 Å². The minimum Gasteiger partial charge on any atom is -0.512 e. The first-order chi connectivity index (χ1) is 12.6. The topological polar surface area (TPSA) is 77.8 Å². The first-order valence-electron chi connectivity index (χ1n) is 9.14. The molecule has 26 heavy (non-hydrogen) atoms. The molecule has 0 unspecified atom stereocenters. The fourth-order valence-corrected chi connectivity index (χ4v) is 1.92. The second-order valence-electron chi connectivity index (χ2n) is 5.77. The molecular weight excluding hydrogens is 328 g/mol. The summed E-state index contributed by atoms with van der Waals surface area (Å²) in [5.74, 6) is -0.530. The number of allylic oxidation sites excluding steroid dienone is 10. The zero-order valence-electron chi connectivity index (χ0n) is 15.6. The number of aliphatic hydroxyl groups excluding tert-OH is 2. The van der Waals surface area contributed by atoms with Gasteiger partial charge in [-0.25, -0.2) is 0 Å². The van der Waals surface area contributed by atoms with Crippen LogP contribution >= 0.6 is 0 Å². The summed E-state index contributed by atoms with van der Waals surface area (Å²) < 4.78 is 0. The van der Waals surface area contributed by atoms with Gasteiger partial charge in [-0.15, -0.1) is 0 Å². The van der Waals surface area contributed by atoms with Crippen LogP contribution < -0.4 is 0 Å². The quantitative estimate of drug-likeness (QED) is 0.168. The number of aliphatic hydroxyl groups is 2. The van der Waals surface area contributed by atoms with Gasteiger partial charge in [-0.2, -0.15) is 0 Å². The van der Waals surface area contributed by atoms with E-state index in [0.717, 1.165) is 25.7 Å². The molecule has 0 radical (unpaired) electrons. The fraction of sp³-hybridized carbons (Fsp3) is 0.409. The minimum atomic E-state index is -0.898. The summed E-state index contributed by atoms with van der Waals surface area (Å²) in [5.41, 5.74) is 0. The molecule has 0 amide bonds. The van der Waals surface area contributed by atoms with Gasteiger partial charge < -0.3 is 15.3 Å². The van der Waals surface area contributed by atoms with Gasteiger partial charge in [0.15, 0.2) is 0 Å². The van der Waals surface area contributed by atoms with Gasteiger partial charge in [-0.1, -0.05) is 67.7 Å². The monoisotopic (exact) mass is 360 g/mol. The highest BCUT2D eigenvalue weighted by Gasteiger charge is 2.02. The van der Waals surface area contributed by atoms with Crippen molar-refractivity contribution in [2.45, 2.75) is 58.0 Å². The first kappa shape index (κ1) is 23.7. The molecule has 0 aromatic rings. The van der Waals surface area contributed by atoms with Crippen LogP contribution in [0.3, 0.4) is 0 Å². The number of carboxylic acid groups (broad SMARTS) is 1. The van der Waals surface area contributed by atoms with Crippen LogP contribution in [0.4, 0.5) is 0 Å². The van der Waals surface area contributed by atoms with Crippen LogP contribution in [0.5, 0.6) is 0 Å². The van der Waals surface area contributed by atoms with E-state index < -0.39 is 12.1 Å². The zero-order chi connectivity index (χ0) is 19.5. The summed E-state index contributed by atoms with van der Waals surface area (Å²) in [6.45, 7) is 2.06. The molecule has 0 rings (SSSR count). The van der Waals surface area contributed by atoms with Gasteiger partial charge in [0.2, 0.25) is 0 Å². The van der Waals surface area contributed by atoms with E-state index in [0.29, 0.717) is 12.2 Å². The average Bonchev–Trinajstić information content (AvgIpc) is 2.61. The molecule has 0 aromatic carbocycles. The molecule has 0 heterocycles. The van der Waals surface area contributed by atoms with E-state index in [-0.39, 0.29) is 12.8 Å². The molecule has 144 valence electrons. The van der Waals surface area contributed by atoms with Crippen molar-refractivity contribution in [2.24, 2.45) is 0 Å². The molecule has 0 saturated heterocycles. The van der Waals surface area contributed by atoms with Gasteiger partial charge >= 0.3 is 5.97 Å².